The van der Waals surface area contributed by atoms with E-state index in [9.17, 15) is 5.26 Å². The van der Waals surface area contributed by atoms with Crippen LogP contribution in [0.2, 0.25) is 0 Å². The van der Waals surface area contributed by atoms with Crippen LogP contribution in [0.3, 0.4) is 0 Å². The van der Waals surface area contributed by atoms with Gasteiger partial charge in [-0.2, -0.15) is 5.26 Å². The summed E-state index contributed by atoms with van der Waals surface area (Å²) in [6, 6.07) is 43.3. The van der Waals surface area contributed by atoms with Crippen molar-refractivity contribution in [3.63, 3.8) is 0 Å². The van der Waals surface area contributed by atoms with Crippen molar-refractivity contribution in [3.8, 4) is 17.2 Å². The van der Waals surface area contributed by atoms with Crippen molar-refractivity contribution >= 4 is 63.3 Å². The summed E-state index contributed by atoms with van der Waals surface area (Å²) in [4.78, 5) is 2.64. The molecule has 4 aliphatic heterocycles. The largest absolute Gasteiger partial charge is 0.313 e. The SMILES string of the molecule is Cc1ccc2c3c1C(C)(C)c1ccccc1B3c1cc(-c3cccc(C#N)c3)cc3c1N2c1ccc(C)c2c1B3c1ccccc1C2(C)C. The van der Waals surface area contributed by atoms with Crippen LogP contribution >= 0.6 is 0 Å². The Morgan fingerprint density at radius 2 is 1.06 bits per heavy atom. The number of anilines is 3. The topological polar surface area (TPSA) is 27.0 Å². The van der Waals surface area contributed by atoms with Gasteiger partial charge in [-0.1, -0.05) is 124 Å². The van der Waals surface area contributed by atoms with Crippen LogP contribution in [0.15, 0.2) is 109 Å². The second kappa shape index (κ2) is 9.46. The number of rotatable bonds is 1. The molecule has 4 heterocycles. The fraction of sp³-hybridized carbons (Fsp3) is 0.178. The number of aryl methyl sites for hydroxylation is 2. The fourth-order valence-electron chi connectivity index (χ4n) is 10.6. The van der Waals surface area contributed by atoms with Crippen LogP contribution in [-0.4, -0.2) is 13.4 Å². The lowest BCUT2D eigenvalue weighted by Gasteiger charge is -2.51. The van der Waals surface area contributed by atoms with Gasteiger partial charge < -0.3 is 4.90 Å². The van der Waals surface area contributed by atoms with Gasteiger partial charge in [0.2, 0.25) is 13.4 Å². The van der Waals surface area contributed by atoms with Gasteiger partial charge in [0.1, 0.15) is 0 Å². The highest BCUT2D eigenvalue weighted by Gasteiger charge is 2.52. The number of nitrogens with zero attached hydrogens (tertiary/aromatic N) is 2. The van der Waals surface area contributed by atoms with E-state index in [1.807, 2.05) is 12.1 Å². The Bertz CT molecular complexity index is 2370. The predicted molar refractivity (Wildman–Crippen MR) is 207 cm³/mol. The average molecular weight is 626 g/mol. The summed E-state index contributed by atoms with van der Waals surface area (Å²) >= 11 is 0. The van der Waals surface area contributed by atoms with Gasteiger partial charge in [-0.05, 0) is 104 Å². The number of nitriles is 1. The number of hydrogen-bond donors (Lipinski definition) is 0. The first-order valence-corrected chi connectivity index (χ1v) is 17.6. The van der Waals surface area contributed by atoms with Crippen molar-refractivity contribution < 1.29 is 0 Å². The molecular weight excluding hydrogens is 590 g/mol. The minimum atomic E-state index is -0.145. The zero-order chi connectivity index (χ0) is 33.6. The van der Waals surface area contributed by atoms with Crippen molar-refractivity contribution in [2.45, 2.75) is 52.4 Å². The van der Waals surface area contributed by atoms with Crippen LogP contribution in [-0.2, 0) is 10.8 Å². The van der Waals surface area contributed by atoms with Crippen LogP contribution in [0.4, 0.5) is 17.1 Å². The molecule has 232 valence electrons. The van der Waals surface area contributed by atoms with Crippen molar-refractivity contribution in [2.75, 3.05) is 4.90 Å². The van der Waals surface area contributed by atoms with Crippen LogP contribution < -0.4 is 37.7 Å². The summed E-state index contributed by atoms with van der Waals surface area (Å²) in [6.07, 6.45) is 0. The van der Waals surface area contributed by atoms with Gasteiger partial charge >= 0.3 is 0 Å². The molecule has 6 aromatic carbocycles. The van der Waals surface area contributed by atoms with E-state index >= 15 is 0 Å². The molecule has 0 saturated heterocycles. The van der Waals surface area contributed by atoms with Crippen molar-refractivity contribution in [2.24, 2.45) is 0 Å². The van der Waals surface area contributed by atoms with E-state index in [1.165, 1.54) is 88.8 Å². The predicted octanol–water partition coefficient (Wildman–Crippen LogP) is 6.25. The van der Waals surface area contributed by atoms with Crippen molar-refractivity contribution in [1.82, 2.24) is 0 Å². The molecule has 0 aromatic heterocycles. The highest BCUT2D eigenvalue weighted by atomic mass is 15.2. The van der Waals surface area contributed by atoms with E-state index in [0.29, 0.717) is 5.56 Å². The number of benzene rings is 6. The maximum Gasteiger partial charge on any atom is 0.247 e. The monoisotopic (exact) mass is 626 g/mol. The Balaban J connectivity index is 1.41. The zero-order valence-corrected chi connectivity index (χ0v) is 28.9. The lowest BCUT2D eigenvalue weighted by molar-refractivity contribution is 0.640. The zero-order valence-electron chi connectivity index (χ0n) is 28.9. The number of hydrogen-bond acceptors (Lipinski definition) is 2. The standard InChI is InChI=1S/C45H36B2N2/c1-26-18-20-37-41-39(26)44(3,4)31-14-7-9-16-33(31)46(41)35-23-30(29-13-11-12-28(22-29)25-48)24-36-43(35)49(37)38-21-19-27(2)40-42(38)47(36)34-17-10-8-15-32(34)45(40,5)6/h7-24H,1-6H3. The third-order valence-corrected chi connectivity index (χ3v) is 12.4. The molecule has 2 nitrogen and oxygen atoms in total. The third-order valence-electron chi connectivity index (χ3n) is 12.4. The molecule has 0 spiro atoms. The summed E-state index contributed by atoms with van der Waals surface area (Å²) in [5, 5.41) is 9.91. The molecule has 0 unspecified atom stereocenters. The van der Waals surface area contributed by atoms with Crippen molar-refractivity contribution in [1.29, 1.82) is 5.26 Å². The Morgan fingerprint density at radius 3 is 1.57 bits per heavy atom. The highest BCUT2D eigenvalue weighted by Crippen LogP contribution is 2.47. The minimum absolute atomic E-state index is 0.0972. The van der Waals surface area contributed by atoms with Gasteiger partial charge in [0, 0.05) is 27.9 Å². The molecule has 4 aliphatic rings. The van der Waals surface area contributed by atoms with Crippen LogP contribution in [0, 0.1) is 25.2 Å². The molecule has 0 N–H and O–H groups in total. The van der Waals surface area contributed by atoms with E-state index in [2.05, 4.69) is 150 Å². The second-order valence-corrected chi connectivity index (χ2v) is 15.7. The Labute approximate surface area is 290 Å². The Morgan fingerprint density at radius 1 is 0.551 bits per heavy atom. The van der Waals surface area contributed by atoms with E-state index in [4.69, 9.17) is 0 Å². The molecule has 4 heteroatoms. The Kier molecular flexibility index (Phi) is 5.54. The lowest BCUT2D eigenvalue weighted by Crippen LogP contribution is -2.70. The molecular formula is C45H36B2N2. The average Bonchev–Trinajstić information content (AvgIpc) is 3.10. The first kappa shape index (κ1) is 28.7. The van der Waals surface area contributed by atoms with Gasteiger partial charge in [-0.3, -0.25) is 0 Å². The highest BCUT2D eigenvalue weighted by molar-refractivity contribution is 7.03. The summed E-state index contributed by atoms with van der Waals surface area (Å²) in [5.41, 5.74) is 23.4. The van der Waals surface area contributed by atoms with E-state index in [1.54, 1.807) is 0 Å². The summed E-state index contributed by atoms with van der Waals surface area (Å²) in [6.45, 7) is 14.4. The van der Waals surface area contributed by atoms with Gasteiger partial charge in [0.25, 0.3) is 0 Å². The lowest BCUT2D eigenvalue weighted by atomic mass is 9.26. The molecule has 0 atom stereocenters. The maximum absolute atomic E-state index is 9.91. The van der Waals surface area contributed by atoms with Gasteiger partial charge in [-0.25, -0.2) is 0 Å². The van der Waals surface area contributed by atoms with Crippen LogP contribution in [0.1, 0.15) is 66.6 Å². The normalized spacial score (nSPS) is 16.1. The second-order valence-electron chi connectivity index (χ2n) is 15.7. The molecule has 0 fully saturated rings. The molecule has 0 saturated carbocycles. The van der Waals surface area contributed by atoms with Gasteiger partial charge in [0.15, 0.2) is 0 Å². The summed E-state index contributed by atoms with van der Waals surface area (Å²) < 4.78 is 0. The first-order valence-electron chi connectivity index (χ1n) is 17.6. The fourth-order valence-corrected chi connectivity index (χ4v) is 10.6. The van der Waals surface area contributed by atoms with Gasteiger partial charge in [0.05, 0.1) is 11.6 Å². The molecule has 10 rings (SSSR count). The molecule has 0 amide bonds. The quantitative estimate of drug-likeness (QED) is 0.202. The Hall–Kier alpha value is -5.26. The smallest absolute Gasteiger partial charge is 0.247 e. The minimum Gasteiger partial charge on any atom is -0.313 e. The molecule has 6 aromatic rings. The van der Waals surface area contributed by atoms with Gasteiger partial charge in [-0.15, -0.1) is 0 Å². The molecule has 49 heavy (non-hydrogen) atoms. The summed E-state index contributed by atoms with van der Waals surface area (Å²) in [5.74, 6) is 0. The third kappa shape index (κ3) is 3.48. The first-order chi connectivity index (χ1) is 23.6. The van der Waals surface area contributed by atoms with E-state index < -0.39 is 0 Å². The molecule has 0 aliphatic carbocycles. The molecule has 0 radical (unpaired) electrons. The van der Waals surface area contributed by atoms with E-state index in [-0.39, 0.29) is 24.3 Å². The summed E-state index contributed by atoms with van der Waals surface area (Å²) in [7, 11) is 0. The molecule has 0 bridgehead atoms. The van der Waals surface area contributed by atoms with Crippen LogP contribution in [0.25, 0.3) is 11.1 Å². The van der Waals surface area contributed by atoms with E-state index in [0.717, 1.165) is 5.56 Å². The van der Waals surface area contributed by atoms with Crippen molar-refractivity contribution in [3.05, 3.63) is 148 Å². The van der Waals surface area contributed by atoms with Crippen LogP contribution in [0.5, 0.6) is 0 Å². The number of fused-ring (bicyclic) bond motifs is 8. The maximum atomic E-state index is 9.91.